The fourth-order valence-corrected chi connectivity index (χ4v) is 3.25. The summed E-state index contributed by atoms with van der Waals surface area (Å²) in [7, 11) is 1.81. The zero-order valence-electron chi connectivity index (χ0n) is 9.35. The number of hydrogen-bond acceptors (Lipinski definition) is 1. The lowest BCUT2D eigenvalue weighted by Crippen LogP contribution is -2.27. The summed E-state index contributed by atoms with van der Waals surface area (Å²) in [6.07, 6.45) is 13.8. The van der Waals surface area contributed by atoms with E-state index in [2.05, 4.69) is 6.08 Å². The van der Waals surface area contributed by atoms with E-state index in [0.717, 1.165) is 6.61 Å². The van der Waals surface area contributed by atoms with Crippen LogP contribution in [0, 0.1) is 5.41 Å². The molecule has 0 amide bonds. The first kappa shape index (κ1) is 10.2. The van der Waals surface area contributed by atoms with Crippen molar-refractivity contribution in [3.8, 4) is 0 Å². The molecule has 2 aliphatic carbocycles. The molecule has 2 aliphatic rings. The first-order valence-electron chi connectivity index (χ1n) is 6.02. The maximum atomic E-state index is 5.25. The molecule has 0 aliphatic heterocycles. The van der Waals surface area contributed by atoms with Gasteiger partial charge in [0.05, 0.1) is 6.61 Å². The third-order valence-corrected chi connectivity index (χ3v) is 3.95. The second kappa shape index (κ2) is 4.48. The molecule has 0 heterocycles. The first-order valence-corrected chi connectivity index (χ1v) is 6.02. The minimum atomic E-state index is 0.681. The average molecular weight is 194 g/mol. The lowest BCUT2D eigenvalue weighted by molar-refractivity contribution is 0.147. The van der Waals surface area contributed by atoms with Crippen LogP contribution in [0.4, 0.5) is 0 Å². The Labute approximate surface area is 87.5 Å². The SMILES string of the molecule is COCC1=CCCC2(CCCCC2)C1. The van der Waals surface area contributed by atoms with E-state index in [0.29, 0.717) is 5.41 Å². The van der Waals surface area contributed by atoms with Crippen LogP contribution in [-0.2, 0) is 4.74 Å². The van der Waals surface area contributed by atoms with Gasteiger partial charge < -0.3 is 4.74 Å². The summed E-state index contributed by atoms with van der Waals surface area (Å²) in [4.78, 5) is 0. The minimum absolute atomic E-state index is 0.681. The van der Waals surface area contributed by atoms with E-state index >= 15 is 0 Å². The molecule has 0 saturated heterocycles. The lowest BCUT2D eigenvalue weighted by atomic mass is 9.65. The summed E-state index contributed by atoms with van der Waals surface area (Å²) in [5.74, 6) is 0. The number of methoxy groups -OCH3 is 1. The number of ether oxygens (including phenoxy) is 1. The van der Waals surface area contributed by atoms with Crippen molar-refractivity contribution in [1.82, 2.24) is 0 Å². The van der Waals surface area contributed by atoms with E-state index in [1.54, 1.807) is 5.57 Å². The summed E-state index contributed by atoms with van der Waals surface area (Å²) in [6.45, 7) is 0.863. The van der Waals surface area contributed by atoms with E-state index in [1.165, 1.54) is 51.4 Å². The smallest absolute Gasteiger partial charge is 0.0673 e. The third-order valence-electron chi connectivity index (χ3n) is 3.95. The van der Waals surface area contributed by atoms with Gasteiger partial charge in [-0.15, -0.1) is 0 Å². The number of allylic oxidation sites excluding steroid dienone is 1. The fourth-order valence-electron chi connectivity index (χ4n) is 3.25. The molecule has 0 unspecified atom stereocenters. The van der Waals surface area contributed by atoms with Gasteiger partial charge >= 0.3 is 0 Å². The van der Waals surface area contributed by atoms with Gasteiger partial charge in [0, 0.05) is 7.11 Å². The summed E-state index contributed by atoms with van der Waals surface area (Å²) in [5.41, 5.74) is 2.24. The zero-order valence-corrected chi connectivity index (χ0v) is 9.35. The number of hydrogen-bond donors (Lipinski definition) is 0. The molecule has 1 spiro atoms. The van der Waals surface area contributed by atoms with E-state index in [1.807, 2.05) is 7.11 Å². The lowest BCUT2D eigenvalue weighted by Gasteiger charge is -2.40. The summed E-state index contributed by atoms with van der Waals surface area (Å²) in [5, 5.41) is 0. The third kappa shape index (κ3) is 2.20. The van der Waals surface area contributed by atoms with Crippen LogP contribution in [0.25, 0.3) is 0 Å². The van der Waals surface area contributed by atoms with Crippen molar-refractivity contribution in [2.45, 2.75) is 51.4 Å². The first-order chi connectivity index (χ1) is 6.85. The molecule has 0 atom stereocenters. The van der Waals surface area contributed by atoms with Crippen molar-refractivity contribution in [1.29, 1.82) is 0 Å². The topological polar surface area (TPSA) is 9.23 Å². The Morgan fingerprint density at radius 3 is 2.71 bits per heavy atom. The maximum absolute atomic E-state index is 5.25. The zero-order chi connectivity index (χ0) is 9.86. The molecule has 0 aromatic heterocycles. The van der Waals surface area contributed by atoms with Gasteiger partial charge in [-0.05, 0) is 43.1 Å². The van der Waals surface area contributed by atoms with Crippen LogP contribution in [0.15, 0.2) is 11.6 Å². The Kier molecular flexibility index (Phi) is 3.27. The second-order valence-corrected chi connectivity index (χ2v) is 5.07. The molecule has 0 radical (unpaired) electrons. The Bertz CT molecular complexity index is 211. The molecule has 80 valence electrons. The van der Waals surface area contributed by atoms with Gasteiger partial charge in [-0.25, -0.2) is 0 Å². The van der Waals surface area contributed by atoms with Crippen LogP contribution in [0.3, 0.4) is 0 Å². The molecule has 1 saturated carbocycles. The van der Waals surface area contributed by atoms with E-state index in [9.17, 15) is 0 Å². The molecule has 0 bridgehead atoms. The van der Waals surface area contributed by atoms with E-state index < -0.39 is 0 Å². The van der Waals surface area contributed by atoms with Gasteiger partial charge in [0.1, 0.15) is 0 Å². The van der Waals surface area contributed by atoms with Crippen molar-refractivity contribution in [2.75, 3.05) is 13.7 Å². The standard InChI is InChI=1S/C13H22O/c1-14-11-12-6-5-9-13(10-12)7-3-2-4-8-13/h6H,2-5,7-11H2,1H3. The highest BCUT2D eigenvalue weighted by Gasteiger charge is 2.33. The highest BCUT2D eigenvalue weighted by molar-refractivity contribution is 5.11. The Morgan fingerprint density at radius 1 is 1.21 bits per heavy atom. The molecule has 0 aromatic rings. The van der Waals surface area contributed by atoms with Crippen LogP contribution in [-0.4, -0.2) is 13.7 Å². The predicted molar refractivity (Wildman–Crippen MR) is 59.3 cm³/mol. The van der Waals surface area contributed by atoms with Crippen LogP contribution >= 0.6 is 0 Å². The molecular weight excluding hydrogens is 172 g/mol. The van der Waals surface area contributed by atoms with Gasteiger partial charge in [0.15, 0.2) is 0 Å². The summed E-state index contributed by atoms with van der Waals surface area (Å²) < 4.78 is 5.25. The van der Waals surface area contributed by atoms with Gasteiger partial charge in [-0.2, -0.15) is 0 Å². The van der Waals surface area contributed by atoms with Crippen molar-refractivity contribution in [2.24, 2.45) is 5.41 Å². The maximum Gasteiger partial charge on any atom is 0.0673 e. The van der Waals surface area contributed by atoms with Crippen molar-refractivity contribution < 1.29 is 4.74 Å². The summed E-state index contributed by atoms with van der Waals surface area (Å²) >= 11 is 0. The van der Waals surface area contributed by atoms with Gasteiger partial charge in [0.2, 0.25) is 0 Å². The van der Waals surface area contributed by atoms with Crippen molar-refractivity contribution in [3.63, 3.8) is 0 Å². The predicted octanol–water partition coefficient (Wildman–Crippen LogP) is 3.69. The molecule has 2 rings (SSSR count). The monoisotopic (exact) mass is 194 g/mol. The normalized spacial score (nSPS) is 26.2. The summed E-state index contributed by atoms with van der Waals surface area (Å²) in [6, 6.07) is 0. The van der Waals surface area contributed by atoms with Crippen molar-refractivity contribution in [3.05, 3.63) is 11.6 Å². The van der Waals surface area contributed by atoms with Crippen LogP contribution in [0.5, 0.6) is 0 Å². The largest absolute Gasteiger partial charge is 0.380 e. The van der Waals surface area contributed by atoms with E-state index in [4.69, 9.17) is 4.74 Å². The quantitative estimate of drug-likeness (QED) is 0.609. The Hall–Kier alpha value is -0.300. The average Bonchev–Trinajstić information content (AvgIpc) is 2.19. The van der Waals surface area contributed by atoms with Crippen LogP contribution < -0.4 is 0 Å². The van der Waals surface area contributed by atoms with Gasteiger partial charge in [-0.1, -0.05) is 25.3 Å². The minimum Gasteiger partial charge on any atom is -0.380 e. The molecule has 0 N–H and O–H groups in total. The van der Waals surface area contributed by atoms with E-state index in [-0.39, 0.29) is 0 Å². The van der Waals surface area contributed by atoms with Gasteiger partial charge in [0.25, 0.3) is 0 Å². The molecule has 1 heteroatoms. The van der Waals surface area contributed by atoms with Gasteiger partial charge in [-0.3, -0.25) is 0 Å². The second-order valence-electron chi connectivity index (χ2n) is 5.07. The van der Waals surface area contributed by atoms with Crippen LogP contribution in [0.2, 0.25) is 0 Å². The highest BCUT2D eigenvalue weighted by atomic mass is 16.5. The molecule has 1 fully saturated rings. The number of rotatable bonds is 2. The molecule has 14 heavy (non-hydrogen) atoms. The highest BCUT2D eigenvalue weighted by Crippen LogP contribution is 2.47. The Balaban J connectivity index is 1.98. The molecular formula is C13H22O. The molecule has 1 nitrogen and oxygen atoms in total. The Morgan fingerprint density at radius 2 is 2.00 bits per heavy atom. The van der Waals surface area contributed by atoms with Crippen LogP contribution in [0.1, 0.15) is 51.4 Å². The molecule has 0 aromatic carbocycles. The fraction of sp³-hybridized carbons (Fsp3) is 0.846. The van der Waals surface area contributed by atoms with Crippen molar-refractivity contribution >= 4 is 0 Å².